The zero-order valence-electron chi connectivity index (χ0n) is 9.42. The fourth-order valence-corrected chi connectivity index (χ4v) is 2.67. The molecule has 0 unspecified atom stereocenters. The van der Waals surface area contributed by atoms with Crippen molar-refractivity contribution in [2.45, 2.75) is 5.03 Å². The van der Waals surface area contributed by atoms with Crippen LogP contribution in [0.25, 0.3) is 0 Å². The third-order valence-corrected chi connectivity index (χ3v) is 4.11. The second-order valence-electron chi connectivity index (χ2n) is 3.58. The highest BCUT2D eigenvalue weighted by molar-refractivity contribution is 7.92. The molecule has 100 valence electrons. The Morgan fingerprint density at radius 2 is 2.21 bits per heavy atom. The average Bonchev–Trinajstić information content (AvgIpc) is 2.85. The number of H-pyrrole nitrogens is 1. The molecule has 0 radical (unpaired) electrons. The normalized spacial score (nSPS) is 11.2. The number of benzene rings is 1. The van der Waals surface area contributed by atoms with Crippen molar-refractivity contribution in [2.24, 2.45) is 5.73 Å². The predicted molar refractivity (Wildman–Crippen MR) is 76.7 cm³/mol. The van der Waals surface area contributed by atoms with E-state index in [0.29, 0.717) is 5.56 Å². The Hall–Kier alpha value is -1.64. The molecule has 0 saturated heterocycles. The topological polar surface area (TPSA) is 101 Å². The number of hydrogen-bond acceptors (Lipinski definition) is 4. The van der Waals surface area contributed by atoms with Gasteiger partial charge in [0.15, 0.2) is 5.03 Å². The van der Waals surface area contributed by atoms with Crippen LogP contribution in [-0.2, 0) is 10.0 Å². The number of aromatic nitrogens is 2. The highest BCUT2D eigenvalue weighted by Crippen LogP contribution is 2.25. The zero-order valence-corrected chi connectivity index (χ0v) is 11.8. The van der Waals surface area contributed by atoms with Crippen LogP contribution in [-0.4, -0.2) is 23.4 Å². The van der Waals surface area contributed by atoms with Gasteiger partial charge in [0.05, 0.1) is 23.2 Å². The maximum atomic E-state index is 12.0. The van der Waals surface area contributed by atoms with E-state index in [1.807, 2.05) is 0 Å². The maximum Gasteiger partial charge on any atom is 0.279 e. The number of thiocarbonyl (C=S) groups is 1. The Balaban J connectivity index is 2.39. The van der Waals surface area contributed by atoms with Gasteiger partial charge >= 0.3 is 0 Å². The van der Waals surface area contributed by atoms with Crippen LogP contribution in [0.2, 0.25) is 5.02 Å². The number of nitrogens with zero attached hydrogens (tertiary/aromatic N) is 1. The van der Waals surface area contributed by atoms with Crippen molar-refractivity contribution >= 4 is 44.5 Å². The first-order valence-electron chi connectivity index (χ1n) is 5.01. The fraction of sp³-hybridized carbons (Fsp3) is 0. The van der Waals surface area contributed by atoms with E-state index in [0.717, 1.165) is 0 Å². The van der Waals surface area contributed by atoms with Crippen molar-refractivity contribution in [1.82, 2.24) is 9.97 Å². The molecule has 0 atom stereocenters. The minimum absolute atomic E-state index is 0.0655. The summed E-state index contributed by atoms with van der Waals surface area (Å²) in [6.07, 6.45) is 2.45. The van der Waals surface area contributed by atoms with Crippen molar-refractivity contribution in [2.75, 3.05) is 4.72 Å². The van der Waals surface area contributed by atoms with Gasteiger partial charge in [-0.15, -0.1) is 0 Å². The van der Waals surface area contributed by atoms with Crippen molar-refractivity contribution in [1.29, 1.82) is 0 Å². The lowest BCUT2D eigenvalue weighted by Gasteiger charge is -2.09. The Labute approximate surface area is 120 Å². The summed E-state index contributed by atoms with van der Waals surface area (Å²) in [5, 5.41) is 0.174. The largest absolute Gasteiger partial charge is 0.389 e. The van der Waals surface area contributed by atoms with E-state index in [4.69, 9.17) is 29.6 Å². The second-order valence-corrected chi connectivity index (χ2v) is 6.08. The second kappa shape index (κ2) is 5.16. The van der Waals surface area contributed by atoms with E-state index in [1.54, 1.807) is 6.07 Å². The number of nitrogens with one attached hydrogen (secondary N) is 2. The number of hydrogen-bond donors (Lipinski definition) is 3. The van der Waals surface area contributed by atoms with Gasteiger partial charge < -0.3 is 10.7 Å². The SMILES string of the molecule is NC(=S)c1ccc(Cl)c(NS(=O)(=O)c2cnc[nH]2)c1. The molecule has 0 bridgehead atoms. The number of halogens is 1. The molecule has 0 aliphatic heterocycles. The minimum Gasteiger partial charge on any atom is -0.389 e. The van der Waals surface area contributed by atoms with E-state index in [1.165, 1.54) is 24.7 Å². The first-order valence-corrected chi connectivity index (χ1v) is 7.27. The lowest BCUT2D eigenvalue weighted by Crippen LogP contribution is -2.15. The van der Waals surface area contributed by atoms with Gasteiger partial charge in [0.2, 0.25) is 0 Å². The molecule has 9 heteroatoms. The smallest absolute Gasteiger partial charge is 0.279 e. The van der Waals surface area contributed by atoms with E-state index in [9.17, 15) is 8.42 Å². The number of nitrogens with two attached hydrogens (primary N) is 1. The van der Waals surface area contributed by atoms with Crippen LogP contribution >= 0.6 is 23.8 Å². The monoisotopic (exact) mass is 316 g/mol. The first-order chi connectivity index (χ1) is 8.90. The third kappa shape index (κ3) is 3.03. The summed E-state index contributed by atoms with van der Waals surface area (Å²) in [4.78, 5) is 6.30. The van der Waals surface area contributed by atoms with Gasteiger partial charge in [0.1, 0.15) is 4.99 Å². The van der Waals surface area contributed by atoms with Crippen LogP contribution in [0.4, 0.5) is 5.69 Å². The Kier molecular flexibility index (Phi) is 3.74. The number of sulfonamides is 1. The summed E-state index contributed by atoms with van der Waals surface area (Å²) in [7, 11) is -3.77. The lowest BCUT2D eigenvalue weighted by molar-refractivity contribution is 0.598. The summed E-state index contributed by atoms with van der Waals surface area (Å²) < 4.78 is 26.3. The summed E-state index contributed by atoms with van der Waals surface area (Å²) in [6.45, 7) is 0. The molecule has 0 amide bonds. The third-order valence-electron chi connectivity index (χ3n) is 2.26. The molecule has 2 rings (SSSR count). The first kappa shape index (κ1) is 13.8. The summed E-state index contributed by atoms with van der Waals surface area (Å²) in [5.74, 6) is 0. The molecule has 0 saturated carbocycles. The molecule has 4 N–H and O–H groups in total. The molecule has 6 nitrogen and oxygen atoms in total. The average molecular weight is 317 g/mol. The molecular weight excluding hydrogens is 308 g/mol. The van der Waals surface area contributed by atoms with Crippen LogP contribution < -0.4 is 10.5 Å². The minimum atomic E-state index is -3.77. The van der Waals surface area contributed by atoms with Crippen molar-refractivity contribution in [3.05, 3.63) is 41.3 Å². The molecule has 0 aliphatic carbocycles. The van der Waals surface area contributed by atoms with E-state index in [2.05, 4.69) is 14.7 Å². The zero-order chi connectivity index (χ0) is 14.0. The molecule has 0 aliphatic rings. The summed E-state index contributed by atoms with van der Waals surface area (Å²) in [5.41, 5.74) is 6.20. The van der Waals surface area contributed by atoms with Crippen LogP contribution in [0.3, 0.4) is 0 Å². The maximum absolute atomic E-state index is 12.0. The van der Waals surface area contributed by atoms with E-state index in [-0.39, 0.29) is 20.7 Å². The molecule has 2 aromatic rings. The molecule has 0 fully saturated rings. The number of anilines is 1. The Bertz CT molecular complexity index is 713. The van der Waals surface area contributed by atoms with Crippen LogP contribution in [0.15, 0.2) is 35.7 Å². The van der Waals surface area contributed by atoms with Crippen LogP contribution in [0.5, 0.6) is 0 Å². The molecule has 0 spiro atoms. The molecule has 1 aromatic carbocycles. The van der Waals surface area contributed by atoms with Gasteiger partial charge in [-0.25, -0.2) is 4.98 Å². The molecule has 1 aromatic heterocycles. The number of rotatable bonds is 4. The number of aromatic amines is 1. The quantitative estimate of drug-likeness (QED) is 0.742. The van der Waals surface area contributed by atoms with Gasteiger partial charge in [0, 0.05) is 5.56 Å². The highest BCUT2D eigenvalue weighted by Gasteiger charge is 2.17. The summed E-state index contributed by atoms with van der Waals surface area (Å²) >= 11 is 10.8. The number of imidazole rings is 1. The fourth-order valence-electron chi connectivity index (χ4n) is 1.35. The van der Waals surface area contributed by atoms with Crippen LogP contribution in [0.1, 0.15) is 5.56 Å². The van der Waals surface area contributed by atoms with Gasteiger partial charge in [0.25, 0.3) is 10.0 Å². The Morgan fingerprint density at radius 3 is 2.79 bits per heavy atom. The van der Waals surface area contributed by atoms with Gasteiger partial charge in [-0.2, -0.15) is 8.42 Å². The van der Waals surface area contributed by atoms with Crippen molar-refractivity contribution in [3.8, 4) is 0 Å². The highest BCUT2D eigenvalue weighted by atomic mass is 35.5. The lowest BCUT2D eigenvalue weighted by atomic mass is 10.2. The van der Waals surface area contributed by atoms with Crippen molar-refractivity contribution < 1.29 is 8.42 Å². The Morgan fingerprint density at radius 1 is 1.47 bits per heavy atom. The van der Waals surface area contributed by atoms with E-state index < -0.39 is 10.0 Å². The van der Waals surface area contributed by atoms with Crippen LogP contribution in [0, 0.1) is 0 Å². The van der Waals surface area contributed by atoms with Gasteiger partial charge in [-0.3, -0.25) is 4.72 Å². The van der Waals surface area contributed by atoms with Gasteiger partial charge in [-0.1, -0.05) is 29.9 Å². The summed E-state index contributed by atoms with van der Waals surface area (Å²) in [6, 6.07) is 4.60. The molecule has 1 heterocycles. The van der Waals surface area contributed by atoms with Crippen molar-refractivity contribution in [3.63, 3.8) is 0 Å². The molecular formula is C10H9ClN4O2S2. The van der Waals surface area contributed by atoms with Gasteiger partial charge in [-0.05, 0) is 12.1 Å². The standard InChI is InChI=1S/C10H9ClN4O2S2/c11-7-2-1-6(10(12)18)3-8(7)15-19(16,17)9-4-13-5-14-9/h1-5,15H,(H2,12,18)(H,13,14). The predicted octanol–water partition coefficient (Wildman–Crippen LogP) is 1.50. The molecule has 19 heavy (non-hydrogen) atoms. The van der Waals surface area contributed by atoms with E-state index >= 15 is 0 Å².